The van der Waals surface area contributed by atoms with Crippen molar-refractivity contribution < 1.29 is 0 Å². The highest BCUT2D eigenvalue weighted by atomic mass is 15.0. The molecule has 0 saturated heterocycles. The van der Waals surface area contributed by atoms with Crippen molar-refractivity contribution in [2.24, 2.45) is 11.8 Å². The van der Waals surface area contributed by atoms with Gasteiger partial charge in [-0.25, -0.2) is 0 Å². The average Bonchev–Trinajstić information content (AvgIpc) is 2.17. The Morgan fingerprint density at radius 3 is 2.53 bits per heavy atom. The first kappa shape index (κ1) is 12.6. The molecule has 0 radical (unpaired) electrons. The Hall–Kier alpha value is -0.480. The van der Waals surface area contributed by atoms with Gasteiger partial charge in [0.1, 0.15) is 0 Å². The quantitative estimate of drug-likeness (QED) is 0.701. The minimum absolute atomic E-state index is 0.149. The lowest BCUT2D eigenvalue weighted by atomic mass is 9.79. The van der Waals surface area contributed by atoms with Gasteiger partial charge in [-0.3, -0.25) is 5.32 Å². The van der Waals surface area contributed by atoms with Gasteiger partial charge in [0.2, 0.25) is 0 Å². The van der Waals surface area contributed by atoms with Gasteiger partial charge in [0.25, 0.3) is 0 Å². The van der Waals surface area contributed by atoms with Gasteiger partial charge >= 0.3 is 0 Å². The van der Waals surface area contributed by atoms with Crippen molar-refractivity contribution in [3.05, 3.63) is 0 Å². The van der Waals surface area contributed by atoms with Crippen LogP contribution < -0.4 is 5.32 Å². The van der Waals surface area contributed by atoms with Crippen LogP contribution in [0.15, 0.2) is 0 Å². The lowest BCUT2D eigenvalue weighted by Crippen LogP contribution is -2.47. The number of terminal acetylenes is 1. The summed E-state index contributed by atoms with van der Waals surface area (Å²) in [6.07, 6.45) is 10.8. The summed E-state index contributed by atoms with van der Waals surface area (Å²) in [4.78, 5) is 0. The van der Waals surface area contributed by atoms with E-state index in [0.717, 1.165) is 11.8 Å². The Kier molecular flexibility index (Phi) is 4.22. The smallest absolute Gasteiger partial charge is 0.0743 e. The van der Waals surface area contributed by atoms with E-state index in [-0.39, 0.29) is 5.54 Å². The molecule has 1 fully saturated rings. The van der Waals surface area contributed by atoms with E-state index in [1.54, 1.807) is 0 Å². The van der Waals surface area contributed by atoms with Crippen molar-refractivity contribution in [1.82, 2.24) is 5.32 Å². The van der Waals surface area contributed by atoms with Gasteiger partial charge in [-0.1, -0.05) is 32.6 Å². The van der Waals surface area contributed by atoms with Gasteiger partial charge in [0.05, 0.1) is 5.54 Å². The van der Waals surface area contributed by atoms with Crippen molar-refractivity contribution in [3.63, 3.8) is 0 Å². The summed E-state index contributed by atoms with van der Waals surface area (Å²) in [6, 6.07) is 0.622. The van der Waals surface area contributed by atoms with Crippen LogP contribution in [0.5, 0.6) is 0 Å². The van der Waals surface area contributed by atoms with E-state index in [4.69, 9.17) is 6.42 Å². The Bertz CT molecular complexity index is 234. The maximum Gasteiger partial charge on any atom is 0.0743 e. The van der Waals surface area contributed by atoms with Crippen LogP contribution in [0.25, 0.3) is 0 Å². The highest BCUT2D eigenvalue weighted by molar-refractivity contribution is 5.08. The SMILES string of the molecule is C#CC(C)(C)NC1CCCC(C(C)C)C1. The summed E-state index contributed by atoms with van der Waals surface area (Å²) in [5.41, 5.74) is -0.149. The van der Waals surface area contributed by atoms with Crippen molar-refractivity contribution in [2.75, 3.05) is 0 Å². The molecule has 0 aromatic carbocycles. The van der Waals surface area contributed by atoms with Crippen molar-refractivity contribution >= 4 is 0 Å². The maximum atomic E-state index is 5.51. The molecule has 86 valence electrons. The lowest BCUT2D eigenvalue weighted by Gasteiger charge is -2.35. The van der Waals surface area contributed by atoms with Gasteiger partial charge in [0, 0.05) is 6.04 Å². The monoisotopic (exact) mass is 207 g/mol. The summed E-state index contributed by atoms with van der Waals surface area (Å²) in [5.74, 6) is 4.51. The summed E-state index contributed by atoms with van der Waals surface area (Å²) >= 11 is 0. The molecule has 0 spiro atoms. The van der Waals surface area contributed by atoms with Crippen LogP contribution in [0.3, 0.4) is 0 Å². The van der Waals surface area contributed by atoms with Gasteiger partial charge in [-0.2, -0.15) is 0 Å². The number of nitrogens with one attached hydrogen (secondary N) is 1. The van der Waals surface area contributed by atoms with Crippen LogP contribution in [0.2, 0.25) is 0 Å². The Morgan fingerprint density at radius 2 is 2.00 bits per heavy atom. The molecule has 1 nitrogen and oxygen atoms in total. The molecule has 0 amide bonds. The highest BCUT2D eigenvalue weighted by Crippen LogP contribution is 2.30. The van der Waals surface area contributed by atoms with Crippen molar-refractivity contribution in [3.8, 4) is 12.3 Å². The zero-order chi connectivity index (χ0) is 11.5. The molecule has 1 saturated carbocycles. The second kappa shape index (κ2) is 5.03. The Labute approximate surface area is 95.0 Å². The average molecular weight is 207 g/mol. The summed E-state index contributed by atoms with van der Waals surface area (Å²) in [6.45, 7) is 8.84. The van der Waals surface area contributed by atoms with Crippen LogP contribution in [0.4, 0.5) is 0 Å². The third-order valence-corrected chi connectivity index (χ3v) is 3.58. The molecule has 2 atom stereocenters. The van der Waals surface area contributed by atoms with Gasteiger partial charge in [0.15, 0.2) is 0 Å². The summed E-state index contributed by atoms with van der Waals surface area (Å²) in [5, 5.41) is 3.59. The molecular weight excluding hydrogens is 182 g/mol. The predicted molar refractivity (Wildman–Crippen MR) is 66.6 cm³/mol. The fourth-order valence-corrected chi connectivity index (χ4v) is 2.52. The van der Waals surface area contributed by atoms with Crippen LogP contribution >= 0.6 is 0 Å². The molecule has 2 unspecified atom stereocenters. The molecule has 0 aromatic heterocycles. The molecule has 1 N–H and O–H groups in total. The molecule has 1 rings (SSSR count). The van der Waals surface area contributed by atoms with E-state index in [1.807, 2.05) is 0 Å². The normalized spacial score (nSPS) is 27.7. The zero-order valence-electron chi connectivity index (χ0n) is 10.6. The topological polar surface area (TPSA) is 12.0 Å². The summed E-state index contributed by atoms with van der Waals surface area (Å²) < 4.78 is 0. The van der Waals surface area contributed by atoms with E-state index < -0.39 is 0 Å². The molecule has 0 heterocycles. The first-order valence-corrected chi connectivity index (χ1v) is 6.20. The molecule has 0 bridgehead atoms. The fraction of sp³-hybridized carbons (Fsp3) is 0.857. The summed E-state index contributed by atoms with van der Waals surface area (Å²) in [7, 11) is 0. The van der Waals surface area contributed by atoms with Crippen LogP contribution in [-0.2, 0) is 0 Å². The lowest BCUT2D eigenvalue weighted by molar-refractivity contribution is 0.214. The molecule has 15 heavy (non-hydrogen) atoms. The van der Waals surface area contributed by atoms with E-state index in [9.17, 15) is 0 Å². The predicted octanol–water partition coefficient (Wildman–Crippen LogP) is 3.20. The molecule has 1 aliphatic rings. The fourth-order valence-electron chi connectivity index (χ4n) is 2.52. The van der Waals surface area contributed by atoms with Crippen LogP contribution in [0, 0.1) is 24.2 Å². The van der Waals surface area contributed by atoms with Gasteiger partial charge in [-0.05, 0) is 38.5 Å². The Morgan fingerprint density at radius 1 is 1.33 bits per heavy atom. The highest BCUT2D eigenvalue weighted by Gasteiger charge is 2.27. The third kappa shape index (κ3) is 3.87. The van der Waals surface area contributed by atoms with E-state index in [2.05, 4.69) is 38.9 Å². The number of hydrogen-bond acceptors (Lipinski definition) is 1. The molecular formula is C14H25N. The maximum absolute atomic E-state index is 5.51. The minimum Gasteiger partial charge on any atom is -0.299 e. The van der Waals surface area contributed by atoms with Crippen molar-refractivity contribution in [2.45, 2.75) is 65.0 Å². The molecule has 1 aliphatic carbocycles. The number of hydrogen-bond donors (Lipinski definition) is 1. The number of rotatable bonds is 3. The van der Waals surface area contributed by atoms with Gasteiger partial charge in [-0.15, -0.1) is 6.42 Å². The third-order valence-electron chi connectivity index (χ3n) is 3.58. The second-order valence-electron chi connectivity index (χ2n) is 5.78. The second-order valence-corrected chi connectivity index (χ2v) is 5.78. The van der Waals surface area contributed by atoms with Crippen LogP contribution in [0.1, 0.15) is 53.4 Å². The zero-order valence-corrected chi connectivity index (χ0v) is 10.6. The Balaban J connectivity index is 2.47. The van der Waals surface area contributed by atoms with Crippen LogP contribution in [-0.4, -0.2) is 11.6 Å². The van der Waals surface area contributed by atoms with Gasteiger partial charge < -0.3 is 0 Å². The largest absolute Gasteiger partial charge is 0.299 e. The minimum atomic E-state index is -0.149. The first-order valence-electron chi connectivity index (χ1n) is 6.20. The molecule has 1 heteroatoms. The van der Waals surface area contributed by atoms with E-state index >= 15 is 0 Å². The van der Waals surface area contributed by atoms with E-state index in [0.29, 0.717) is 6.04 Å². The molecule has 0 aliphatic heterocycles. The first-order chi connectivity index (χ1) is 6.94. The molecule has 0 aromatic rings. The van der Waals surface area contributed by atoms with Crippen molar-refractivity contribution in [1.29, 1.82) is 0 Å². The van der Waals surface area contributed by atoms with E-state index in [1.165, 1.54) is 25.7 Å². The standard InChI is InChI=1S/C14H25N/c1-6-14(4,5)15-13-9-7-8-12(10-13)11(2)3/h1,11-13,15H,7-10H2,2-5H3.